The molecule has 1 N–H and O–H groups in total. The minimum Gasteiger partial charge on any atom is -0.493 e. The molecule has 0 amide bonds. The van der Waals surface area contributed by atoms with Gasteiger partial charge in [-0.15, -0.1) is 0 Å². The van der Waals surface area contributed by atoms with Crippen LogP contribution in [0.2, 0.25) is 0 Å². The highest BCUT2D eigenvalue weighted by molar-refractivity contribution is 7.79. The van der Waals surface area contributed by atoms with Gasteiger partial charge in [-0.3, -0.25) is 5.43 Å². The molecule has 1 unspecified atom stereocenters. The molecular weight excluding hydrogens is 350 g/mol. The van der Waals surface area contributed by atoms with E-state index in [0.717, 1.165) is 17.1 Å². The predicted molar refractivity (Wildman–Crippen MR) is 107 cm³/mol. The molecule has 26 heavy (non-hydrogen) atoms. The number of para-hydroxylation sites is 1. The van der Waals surface area contributed by atoms with E-state index in [0.29, 0.717) is 23.7 Å². The Morgan fingerprint density at radius 1 is 1.04 bits per heavy atom. The fraction of sp³-hybridized carbons (Fsp3) is 0.263. The van der Waals surface area contributed by atoms with Crippen LogP contribution in [-0.4, -0.2) is 38.7 Å². The summed E-state index contributed by atoms with van der Waals surface area (Å²) in [5, 5.41) is 6.14. The number of nitrogens with one attached hydrogen (secondary N) is 1. The Hall–Kier alpha value is -2.80. The maximum absolute atomic E-state index is 5.59. The maximum atomic E-state index is 5.59. The van der Waals surface area contributed by atoms with E-state index < -0.39 is 0 Å². The molecule has 1 heterocycles. The second-order valence-corrected chi connectivity index (χ2v) is 5.89. The number of hydrogen-bond donors (Lipinski definition) is 1. The van der Waals surface area contributed by atoms with Crippen molar-refractivity contribution in [1.82, 2.24) is 5.43 Å². The molecule has 0 radical (unpaired) electrons. The van der Waals surface area contributed by atoms with E-state index >= 15 is 0 Å². The Morgan fingerprint density at radius 2 is 1.77 bits per heavy atom. The molecule has 0 spiro atoms. The minimum absolute atomic E-state index is 0.173. The van der Waals surface area contributed by atoms with Gasteiger partial charge in [-0.2, -0.15) is 5.10 Å². The first-order chi connectivity index (χ1) is 12.7. The molecule has 3 rings (SSSR count). The second-order valence-electron chi connectivity index (χ2n) is 5.61. The van der Waals surface area contributed by atoms with Crippen molar-refractivity contribution in [2.75, 3.05) is 26.2 Å². The van der Waals surface area contributed by atoms with E-state index in [-0.39, 0.29) is 6.17 Å². The second kappa shape index (κ2) is 8.05. The van der Waals surface area contributed by atoms with Crippen molar-refractivity contribution in [2.45, 2.75) is 12.6 Å². The van der Waals surface area contributed by atoms with Gasteiger partial charge < -0.3 is 19.1 Å². The van der Waals surface area contributed by atoms with Crippen LogP contribution >= 0.6 is 12.2 Å². The average Bonchev–Trinajstić information content (AvgIpc) is 3.10. The number of benzene rings is 2. The molecule has 6 nitrogen and oxygen atoms in total. The summed E-state index contributed by atoms with van der Waals surface area (Å²) in [5.41, 5.74) is 5.03. The highest BCUT2D eigenvalue weighted by Crippen LogP contribution is 2.40. The number of hydrazone groups is 1. The molecule has 1 aliphatic heterocycles. The Balaban J connectivity index is 1.96. The first kappa shape index (κ1) is 18.0. The van der Waals surface area contributed by atoms with Crippen LogP contribution in [0.3, 0.4) is 0 Å². The summed E-state index contributed by atoms with van der Waals surface area (Å²) in [6, 6.07) is 13.8. The standard InChI is InChI=1S/C19H21N3O3S/c1-23-15-10-9-13(18(24-2)19(15)25-3)11-16-20-21-17(12-26)22(16)14-7-5-4-6-8-14/h4-10,12,17,21H,11H2,1-3H3. The van der Waals surface area contributed by atoms with Gasteiger partial charge in [-0.25, -0.2) is 0 Å². The van der Waals surface area contributed by atoms with Gasteiger partial charge >= 0.3 is 0 Å². The highest BCUT2D eigenvalue weighted by Gasteiger charge is 2.28. The largest absolute Gasteiger partial charge is 0.493 e. The molecule has 0 aromatic heterocycles. The topological polar surface area (TPSA) is 55.3 Å². The molecule has 1 aliphatic rings. The van der Waals surface area contributed by atoms with E-state index in [4.69, 9.17) is 26.4 Å². The molecule has 136 valence electrons. The zero-order valence-electron chi connectivity index (χ0n) is 14.9. The van der Waals surface area contributed by atoms with Crippen molar-refractivity contribution in [2.24, 2.45) is 5.10 Å². The lowest BCUT2D eigenvalue weighted by Gasteiger charge is -2.25. The van der Waals surface area contributed by atoms with Crippen molar-refractivity contribution in [3.05, 3.63) is 48.0 Å². The fourth-order valence-electron chi connectivity index (χ4n) is 3.00. The predicted octanol–water partition coefficient (Wildman–Crippen LogP) is 3.00. The highest BCUT2D eigenvalue weighted by atomic mass is 32.1. The monoisotopic (exact) mass is 371 g/mol. The van der Waals surface area contributed by atoms with Crippen LogP contribution in [-0.2, 0) is 6.42 Å². The number of amidine groups is 1. The molecule has 1 atom stereocenters. The lowest BCUT2D eigenvalue weighted by Crippen LogP contribution is -2.41. The number of thiocarbonyl (C=S) groups is 1. The van der Waals surface area contributed by atoms with Crippen LogP contribution in [0.25, 0.3) is 0 Å². The number of ether oxygens (including phenoxy) is 3. The summed E-state index contributed by atoms with van der Waals surface area (Å²) in [7, 11) is 4.81. The van der Waals surface area contributed by atoms with Gasteiger partial charge in [0, 0.05) is 23.0 Å². The Labute approximate surface area is 158 Å². The van der Waals surface area contributed by atoms with Gasteiger partial charge in [-0.05, 0) is 18.2 Å². The smallest absolute Gasteiger partial charge is 0.203 e. The molecule has 0 bridgehead atoms. The number of anilines is 1. The third-order valence-corrected chi connectivity index (χ3v) is 4.44. The van der Waals surface area contributed by atoms with Crippen molar-refractivity contribution < 1.29 is 14.2 Å². The van der Waals surface area contributed by atoms with Crippen molar-refractivity contribution in [1.29, 1.82) is 0 Å². The summed E-state index contributed by atoms with van der Waals surface area (Å²) in [5.74, 6) is 2.66. The molecule has 0 aliphatic carbocycles. The van der Waals surface area contributed by atoms with E-state index in [1.54, 1.807) is 26.7 Å². The number of methoxy groups -OCH3 is 3. The maximum Gasteiger partial charge on any atom is 0.203 e. The zero-order valence-corrected chi connectivity index (χ0v) is 15.7. The van der Waals surface area contributed by atoms with Crippen molar-refractivity contribution in [3.8, 4) is 17.2 Å². The average molecular weight is 371 g/mol. The number of nitrogens with zero attached hydrogens (tertiary/aromatic N) is 2. The van der Waals surface area contributed by atoms with Crippen LogP contribution in [0.4, 0.5) is 5.69 Å². The minimum atomic E-state index is -0.173. The molecule has 0 fully saturated rings. The summed E-state index contributed by atoms with van der Waals surface area (Å²) in [6.07, 6.45) is 0.374. The third kappa shape index (κ3) is 3.30. The molecule has 2 aromatic rings. The van der Waals surface area contributed by atoms with Crippen LogP contribution in [0.15, 0.2) is 47.6 Å². The van der Waals surface area contributed by atoms with Crippen molar-refractivity contribution in [3.63, 3.8) is 0 Å². The van der Waals surface area contributed by atoms with Gasteiger partial charge in [0.15, 0.2) is 11.5 Å². The molecule has 7 heteroatoms. The molecule has 2 aromatic carbocycles. The summed E-state index contributed by atoms with van der Waals surface area (Å²) in [6.45, 7) is 0. The first-order valence-electron chi connectivity index (χ1n) is 8.13. The lowest BCUT2D eigenvalue weighted by molar-refractivity contribution is 0.322. The van der Waals surface area contributed by atoms with Crippen LogP contribution in [0, 0.1) is 0 Å². The summed E-state index contributed by atoms with van der Waals surface area (Å²) < 4.78 is 16.4. The summed E-state index contributed by atoms with van der Waals surface area (Å²) >= 11 is 5.16. The van der Waals surface area contributed by atoms with Gasteiger partial charge in [0.1, 0.15) is 12.0 Å². The van der Waals surface area contributed by atoms with E-state index in [1.807, 2.05) is 42.5 Å². The Kier molecular flexibility index (Phi) is 5.58. The molecule has 0 saturated carbocycles. The van der Waals surface area contributed by atoms with Crippen molar-refractivity contribution >= 4 is 29.1 Å². The van der Waals surface area contributed by atoms with Crippen LogP contribution < -0.4 is 24.5 Å². The zero-order chi connectivity index (χ0) is 18.5. The normalized spacial score (nSPS) is 15.9. The number of rotatable bonds is 7. The fourth-order valence-corrected chi connectivity index (χ4v) is 3.18. The SMILES string of the molecule is COc1ccc(CC2=NNC(C=S)N2c2ccccc2)c(OC)c1OC. The van der Waals surface area contributed by atoms with Gasteiger partial charge in [-0.1, -0.05) is 36.5 Å². The third-order valence-electron chi connectivity index (χ3n) is 4.18. The van der Waals surface area contributed by atoms with E-state index in [2.05, 4.69) is 15.4 Å². The molecule has 0 saturated heterocycles. The van der Waals surface area contributed by atoms with Gasteiger partial charge in [0.25, 0.3) is 0 Å². The quantitative estimate of drug-likeness (QED) is 0.755. The van der Waals surface area contributed by atoms with Crippen LogP contribution in [0.1, 0.15) is 5.56 Å². The molecular formula is C19H21N3O3S. The Morgan fingerprint density at radius 3 is 2.38 bits per heavy atom. The Bertz CT molecular complexity index is 811. The van der Waals surface area contributed by atoms with E-state index in [9.17, 15) is 0 Å². The lowest BCUT2D eigenvalue weighted by atomic mass is 10.1. The van der Waals surface area contributed by atoms with Crippen LogP contribution in [0.5, 0.6) is 17.2 Å². The first-order valence-corrected chi connectivity index (χ1v) is 8.60. The van der Waals surface area contributed by atoms with E-state index in [1.165, 1.54) is 0 Å². The van der Waals surface area contributed by atoms with Gasteiger partial charge in [0.2, 0.25) is 5.75 Å². The number of hydrogen-bond acceptors (Lipinski definition) is 7. The van der Waals surface area contributed by atoms with Gasteiger partial charge in [0.05, 0.1) is 21.3 Å². The summed E-state index contributed by atoms with van der Waals surface area (Å²) in [4.78, 5) is 2.07.